The lowest BCUT2D eigenvalue weighted by atomic mass is 9.94. The van der Waals surface area contributed by atoms with Crippen molar-refractivity contribution in [1.29, 1.82) is 0 Å². The highest BCUT2D eigenvalue weighted by Crippen LogP contribution is 2.29. The summed E-state index contributed by atoms with van der Waals surface area (Å²) in [4.78, 5) is 0. The van der Waals surface area contributed by atoms with E-state index in [0.29, 0.717) is 6.04 Å². The highest BCUT2D eigenvalue weighted by atomic mass is 15.0. The first-order valence-corrected chi connectivity index (χ1v) is 5.59. The van der Waals surface area contributed by atoms with Gasteiger partial charge in [0.05, 0.1) is 0 Å². The summed E-state index contributed by atoms with van der Waals surface area (Å²) in [6.45, 7) is 6.31. The fourth-order valence-corrected chi connectivity index (χ4v) is 2.33. The Balaban J connectivity index is 2.09. The average molecular weight is 204 g/mol. The Morgan fingerprint density at radius 2 is 2.20 bits per heavy atom. The summed E-state index contributed by atoms with van der Waals surface area (Å²) < 4.78 is 0. The molecule has 0 fully saturated rings. The molecule has 0 amide bonds. The number of aryl methyl sites for hydroxylation is 1. The second-order valence-electron chi connectivity index (χ2n) is 5.40. The van der Waals surface area contributed by atoms with E-state index in [-0.39, 0.29) is 5.54 Å². The van der Waals surface area contributed by atoms with Gasteiger partial charge in [0.15, 0.2) is 0 Å². The lowest BCUT2D eigenvalue weighted by Gasteiger charge is -2.23. The number of rotatable bonds is 2. The minimum Gasteiger partial charge on any atom is -0.382 e. The van der Waals surface area contributed by atoms with Crippen LogP contribution in [0.25, 0.3) is 0 Å². The fraction of sp³-hybridized carbons (Fsp3) is 0.538. The van der Waals surface area contributed by atoms with Gasteiger partial charge in [-0.2, -0.15) is 0 Å². The van der Waals surface area contributed by atoms with E-state index in [1.165, 1.54) is 16.8 Å². The molecule has 2 rings (SSSR count). The smallest absolute Gasteiger partial charge is 0.0375 e. The van der Waals surface area contributed by atoms with Crippen LogP contribution in [0.15, 0.2) is 18.2 Å². The summed E-state index contributed by atoms with van der Waals surface area (Å²) in [5, 5.41) is 3.54. The Kier molecular flexibility index (Phi) is 2.47. The summed E-state index contributed by atoms with van der Waals surface area (Å²) in [6.07, 6.45) is 2.12. The molecule has 0 aromatic heterocycles. The van der Waals surface area contributed by atoms with Crippen molar-refractivity contribution in [2.75, 3.05) is 5.32 Å². The molecule has 2 nitrogen and oxygen atoms in total. The topological polar surface area (TPSA) is 38.0 Å². The minimum absolute atomic E-state index is 0.0885. The molecule has 82 valence electrons. The zero-order valence-electron chi connectivity index (χ0n) is 9.80. The zero-order valence-corrected chi connectivity index (χ0v) is 9.80. The Labute approximate surface area is 91.9 Å². The van der Waals surface area contributed by atoms with Gasteiger partial charge in [-0.3, -0.25) is 0 Å². The SMILES string of the molecule is Cc1ccc2c(c1)CC(CC(C)(C)N)N2. The predicted octanol–water partition coefficient (Wildman–Crippen LogP) is 2.46. The second-order valence-corrected chi connectivity index (χ2v) is 5.40. The monoisotopic (exact) mass is 204 g/mol. The molecule has 1 aliphatic heterocycles. The molecule has 1 aromatic carbocycles. The van der Waals surface area contributed by atoms with Gasteiger partial charge < -0.3 is 11.1 Å². The third-order valence-electron chi connectivity index (χ3n) is 2.86. The molecule has 3 N–H and O–H groups in total. The van der Waals surface area contributed by atoms with Gasteiger partial charge in [-0.1, -0.05) is 17.7 Å². The lowest BCUT2D eigenvalue weighted by Crippen LogP contribution is -2.38. The van der Waals surface area contributed by atoms with E-state index in [2.05, 4.69) is 44.3 Å². The van der Waals surface area contributed by atoms with Crippen molar-refractivity contribution in [3.05, 3.63) is 29.3 Å². The molecule has 1 aliphatic rings. The number of benzene rings is 1. The van der Waals surface area contributed by atoms with E-state index in [4.69, 9.17) is 5.73 Å². The number of nitrogens with one attached hydrogen (secondary N) is 1. The Bertz CT molecular complexity index is 363. The quantitative estimate of drug-likeness (QED) is 0.776. The van der Waals surface area contributed by atoms with Gasteiger partial charge in [0.2, 0.25) is 0 Å². The summed E-state index contributed by atoms with van der Waals surface area (Å²) >= 11 is 0. The van der Waals surface area contributed by atoms with Crippen LogP contribution in [-0.2, 0) is 6.42 Å². The lowest BCUT2D eigenvalue weighted by molar-refractivity contribution is 0.441. The maximum atomic E-state index is 6.04. The van der Waals surface area contributed by atoms with Crippen molar-refractivity contribution in [1.82, 2.24) is 0 Å². The summed E-state index contributed by atoms with van der Waals surface area (Å²) in [6, 6.07) is 7.10. The number of nitrogens with two attached hydrogens (primary N) is 1. The molecule has 0 spiro atoms. The number of fused-ring (bicyclic) bond motifs is 1. The van der Waals surface area contributed by atoms with Crippen LogP contribution in [0.4, 0.5) is 5.69 Å². The van der Waals surface area contributed by atoms with Crippen LogP contribution in [0.1, 0.15) is 31.4 Å². The van der Waals surface area contributed by atoms with Crippen LogP contribution in [-0.4, -0.2) is 11.6 Å². The summed E-state index contributed by atoms with van der Waals surface area (Å²) in [7, 11) is 0. The number of hydrogen-bond acceptors (Lipinski definition) is 2. The molecule has 0 saturated heterocycles. The number of anilines is 1. The van der Waals surface area contributed by atoms with Gasteiger partial charge in [0.25, 0.3) is 0 Å². The summed E-state index contributed by atoms with van der Waals surface area (Å²) in [5.41, 5.74) is 10.0. The molecule has 0 aliphatic carbocycles. The number of hydrogen-bond donors (Lipinski definition) is 2. The molecular formula is C13H20N2. The molecule has 1 atom stereocenters. The van der Waals surface area contributed by atoms with Crippen LogP contribution in [0.5, 0.6) is 0 Å². The molecule has 1 unspecified atom stereocenters. The molecule has 1 heterocycles. The fourth-order valence-electron chi connectivity index (χ4n) is 2.33. The molecule has 0 radical (unpaired) electrons. The van der Waals surface area contributed by atoms with Crippen LogP contribution in [0.3, 0.4) is 0 Å². The van der Waals surface area contributed by atoms with Gasteiger partial charge in [-0.25, -0.2) is 0 Å². The van der Waals surface area contributed by atoms with Crippen molar-refractivity contribution >= 4 is 5.69 Å². The van der Waals surface area contributed by atoms with Crippen LogP contribution >= 0.6 is 0 Å². The summed E-state index contributed by atoms with van der Waals surface area (Å²) in [5.74, 6) is 0. The van der Waals surface area contributed by atoms with E-state index >= 15 is 0 Å². The van der Waals surface area contributed by atoms with Gasteiger partial charge in [-0.15, -0.1) is 0 Å². The van der Waals surface area contributed by atoms with E-state index in [0.717, 1.165) is 12.8 Å². The van der Waals surface area contributed by atoms with E-state index < -0.39 is 0 Å². The highest BCUT2D eigenvalue weighted by Gasteiger charge is 2.25. The second kappa shape index (κ2) is 3.53. The van der Waals surface area contributed by atoms with E-state index in [1.54, 1.807) is 0 Å². The predicted molar refractivity (Wildman–Crippen MR) is 65.2 cm³/mol. The Morgan fingerprint density at radius 3 is 2.87 bits per heavy atom. The Morgan fingerprint density at radius 1 is 1.47 bits per heavy atom. The van der Waals surface area contributed by atoms with Crippen molar-refractivity contribution in [3.8, 4) is 0 Å². The molecule has 15 heavy (non-hydrogen) atoms. The van der Waals surface area contributed by atoms with E-state index in [1.807, 2.05) is 0 Å². The molecular weight excluding hydrogens is 184 g/mol. The molecule has 2 heteroatoms. The first-order chi connectivity index (χ1) is 6.94. The first kappa shape index (κ1) is 10.5. The standard InChI is InChI=1S/C13H20N2/c1-9-4-5-12-10(6-9)7-11(15-12)8-13(2,3)14/h4-6,11,15H,7-8,14H2,1-3H3. The average Bonchev–Trinajstić information content (AvgIpc) is 2.42. The van der Waals surface area contributed by atoms with Gasteiger partial charge >= 0.3 is 0 Å². The largest absolute Gasteiger partial charge is 0.382 e. The van der Waals surface area contributed by atoms with Gasteiger partial charge in [-0.05, 0) is 45.2 Å². The van der Waals surface area contributed by atoms with Crippen molar-refractivity contribution in [2.45, 2.75) is 45.2 Å². The molecule has 0 bridgehead atoms. The molecule has 0 saturated carbocycles. The van der Waals surface area contributed by atoms with Crippen molar-refractivity contribution < 1.29 is 0 Å². The maximum Gasteiger partial charge on any atom is 0.0375 e. The van der Waals surface area contributed by atoms with Crippen molar-refractivity contribution in [3.63, 3.8) is 0 Å². The Hall–Kier alpha value is -1.02. The van der Waals surface area contributed by atoms with Gasteiger partial charge in [0.1, 0.15) is 0 Å². The van der Waals surface area contributed by atoms with Crippen LogP contribution in [0.2, 0.25) is 0 Å². The molecule has 1 aromatic rings. The normalized spacial score (nSPS) is 19.9. The van der Waals surface area contributed by atoms with Crippen molar-refractivity contribution in [2.24, 2.45) is 5.73 Å². The maximum absolute atomic E-state index is 6.04. The van der Waals surface area contributed by atoms with E-state index in [9.17, 15) is 0 Å². The first-order valence-electron chi connectivity index (χ1n) is 5.59. The minimum atomic E-state index is -0.0885. The zero-order chi connectivity index (χ0) is 11.1. The van der Waals surface area contributed by atoms with Crippen LogP contribution < -0.4 is 11.1 Å². The third kappa shape index (κ3) is 2.51. The highest BCUT2D eigenvalue weighted by molar-refractivity contribution is 5.57. The van der Waals surface area contributed by atoms with Crippen LogP contribution in [0, 0.1) is 6.92 Å². The third-order valence-corrected chi connectivity index (χ3v) is 2.86. The van der Waals surface area contributed by atoms with Gasteiger partial charge in [0, 0.05) is 17.3 Å².